The number of halogens is 2. The van der Waals surface area contributed by atoms with Gasteiger partial charge in [0.2, 0.25) is 0 Å². The summed E-state index contributed by atoms with van der Waals surface area (Å²) in [5.41, 5.74) is -0.187. The second-order valence-electron chi connectivity index (χ2n) is 6.55. The predicted molar refractivity (Wildman–Crippen MR) is 94.6 cm³/mol. The smallest absolute Gasteiger partial charge is 0.256 e. The first kappa shape index (κ1) is 17.8. The maximum absolute atomic E-state index is 13.7. The van der Waals surface area contributed by atoms with Gasteiger partial charge in [0.25, 0.3) is 5.91 Å². The highest BCUT2D eigenvalue weighted by atomic mass is 19.1. The molecule has 1 amide bonds. The van der Waals surface area contributed by atoms with Gasteiger partial charge in [0.15, 0.2) is 5.79 Å². The number of para-hydroxylation sites is 1. The molecule has 4 rings (SSSR count). The van der Waals surface area contributed by atoms with Gasteiger partial charge in [-0.1, -0.05) is 6.07 Å². The van der Waals surface area contributed by atoms with Gasteiger partial charge in [0.1, 0.15) is 23.1 Å². The minimum absolute atomic E-state index is 0.274. The Balaban J connectivity index is 1.47. The van der Waals surface area contributed by atoms with Crippen LogP contribution in [0, 0.1) is 11.6 Å². The Labute approximate surface area is 155 Å². The highest BCUT2D eigenvalue weighted by Crippen LogP contribution is 2.32. The lowest BCUT2D eigenvalue weighted by atomic mass is 10.0. The topological polar surface area (TPSA) is 63.7 Å². The number of carbonyl (C=O) groups excluding carboxylic acids is 1. The average molecular weight is 375 g/mol. The molecule has 0 bridgehead atoms. The van der Waals surface area contributed by atoms with Crippen LogP contribution in [0.4, 0.5) is 20.3 Å². The summed E-state index contributed by atoms with van der Waals surface area (Å²) >= 11 is 0. The molecule has 2 saturated heterocycles. The molecule has 6 nitrogen and oxygen atoms in total. The predicted octanol–water partition coefficient (Wildman–Crippen LogP) is 2.96. The number of piperidine rings is 1. The summed E-state index contributed by atoms with van der Waals surface area (Å²) in [6.45, 7) is 2.58. The molecule has 1 spiro atoms. The van der Waals surface area contributed by atoms with Gasteiger partial charge in [0.05, 0.1) is 13.2 Å². The summed E-state index contributed by atoms with van der Waals surface area (Å²) in [5, 5.41) is 2.29. The second-order valence-corrected chi connectivity index (χ2v) is 6.55. The van der Waals surface area contributed by atoms with Gasteiger partial charge in [-0.15, -0.1) is 0 Å². The first-order valence-electron chi connectivity index (χ1n) is 8.81. The van der Waals surface area contributed by atoms with E-state index in [4.69, 9.17) is 9.47 Å². The molecule has 0 atom stereocenters. The molecule has 3 heterocycles. The fourth-order valence-electron chi connectivity index (χ4n) is 3.40. The van der Waals surface area contributed by atoms with Gasteiger partial charge in [-0.05, 0) is 24.3 Å². The molecule has 2 aliphatic heterocycles. The van der Waals surface area contributed by atoms with Crippen molar-refractivity contribution in [3.05, 3.63) is 53.7 Å². The standard InChI is InChI=1S/C19H19F2N3O3/c20-14-2-1-3-15(21)17(14)23-18(25)13-4-7-22-16(12-13)24-8-5-19(6-9-24)26-10-11-27-19/h1-4,7,12H,5-6,8-11H2,(H,23,25). The van der Waals surface area contributed by atoms with Gasteiger partial charge in [-0.3, -0.25) is 4.79 Å². The molecule has 0 unspecified atom stereocenters. The fraction of sp³-hybridized carbons (Fsp3) is 0.368. The molecule has 8 heteroatoms. The van der Waals surface area contributed by atoms with Crippen LogP contribution in [0.5, 0.6) is 0 Å². The largest absolute Gasteiger partial charge is 0.356 e. The van der Waals surface area contributed by atoms with Crippen molar-refractivity contribution >= 4 is 17.4 Å². The number of aromatic nitrogens is 1. The first-order valence-corrected chi connectivity index (χ1v) is 8.81. The van der Waals surface area contributed by atoms with Gasteiger partial charge in [-0.2, -0.15) is 0 Å². The molecule has 0 radical (unpaired) electrons. The highest BCUT2D eigenvalue weighted by Gasteiger charge is 2.40. The van der Waals surface area contributed by atoms with Gasteiger partial charge < -0.3 is 19.7 Å². The number of benzene rings is 1. The molecule has 142 valence electrons. The molecule has 2 fully saturated rings. The Morgan fingerprint density at radius 3 is 2.44 bits per heavy atom. The van der Waals surface area contributed by atoms with E-state index in [1.807, 2.05) is 4.90 Å². The van der Waals surface area contributed by atoms with Gasteiger partial charge >= 0.3 is 0 Å². The minimum Gasteiger partial charge on any atom is -0.356 e. The Hall–Kier alpha value is -2.58. The van der Waals surface area contributed by atoms with E-state index in [0.29, 0.717) is 45.0 Å². The summed E-state index contributed by atoms with van der Waals surface area (Å²) in [7, 11) is 0. The van der Waals surface area contributed by atoms with Crippen molar-refractivity contribution in [1.29, 1.82) is 0 Å². The second kappa shape index (κ2) is 7.21. The zero-order valence-corrected chi connectivity index (χ0v) is 14.6. The normalized spacial score (nSPS) is 18.7. The average Bonchev–Trinajstić information content (AvgIpc) is 3.13. The van der Waals surface area contributed by atoms with Crippen LogP contribution in [0.15, 0.2) is 36.5 Å². The number of hydrogen-bond acceptors (Lipinski definition) is 5. The number of amides is 1. The number of rotatable bonds is 3. The third-order valence-corrected chi connectivity index (χ3v) is 4.87. The number of ether oxygens (including phenoxy) is 2. The van der Waals surface area contributed by atoms with Crippen LogP contribution < -0.4 is 10.2 Å². The number of nitrogens with one attached hydrogen (secondary N) is 1. The Morgan fingerprint density at radius 1 is 1.11 bits per heavy atom. The lowest BCUT2D eigenvalue weighted by Crippen LogP contribution is -2.45. The molecular formula is C19H19F2N3O3. The van der Waals surface area contributed by atoms with Crippen molar-refractivity contribution < 1.29 is 23.0 Å². The van der Waals surface area contributed by atoms with Crippen molar-refractivity contribution in [3.8, 4) is 0 Å². The number of anilines is 2. The van der Waals surface area contributed by atoms with E-state index in [9.17, 15) is 13.6 Å². The number of hydrogen-bond donors (Lipinski definition) is 1. The quantitative estimate of drug-likeness (QED) is 0.894. The van der Waals surface area contributed by atoms with E-state index in [0.717, 1.165) is 12.1 Å². The molecule has 2 aliphatic rings. The summed E-state index contributed by atoms with van der Waals surface area (Å²) < 4.78 is 38.9. The van der Waals surface area contributed by atoms with Crippen molar-refractivity contribution in [2.75, 3.05) is 36.5 Å². The first-order chi connectivity index (χ1) is 13.1. The summed E-state index contributed by atoms with van der Waals surface area (Å²) in [4.78, 5) is 18.8. The lowest BCUT2D eigenvalue weighted by molar-refractivity contribution is -0.169. The lowest BCUT2D eigenvalue weighted by Gasteiger charge is -2.38. The maximum atomic E-state index is 13.7. The maximum Gasteiger partial charge on any atom is 0.256 e. The van der Waals surface area contributed by atoms with E-state index < -0.39 is 29.0 Å². The molecular weight excluding hydrogens is 356 g/mol. The van der Waals surface area contributed by atoms with Gasteiger partial charge in [-0.25, -0.2) is 13.8 Å². The molecule has 1 N–H and O–H groups in total. The third kappa shape index (κ3) is 3.63. The summed E-state index contributed by atoms with van der Waals surface area (Å²) in [6.07, 6.45) is 2.94. The zero-order valence-electron chi connectivity index (χ0n) is 14.6. The highest BCUT2D eigenvalue weighted by molar-refractivity contribution is 6.04. The number of pyridine rings is 1. The van der Waals surface area contributed by atoms with E-state index in [1.165, 1.54) is 18.3 Å². The van der Waals surface area contributed by atoms with E-state index in [1.54, 1.807) is 6.07 Å². The minimum atomic E-state index is -0.824. The number of nitrogens with zero attached hydrogens (tertiary/aromatic N) is 2. The Bertz CT molecular complexity index is 826. The Morgan fingerprint density at radius 2 is 1.78 bits per heavy atom. The van der Waals surface area contributed by atoms with Crippen molar-refractivity contribution in [1.82, 2.24) is 4.98 Å². The monoisotopic (exact) mass is 375 g/mol. The van der Waals surface area contributed by atoms with Crippen LogP contribution >= 0.6 is 0 Å². The molecule has 1 aromatic carbocycles. The van der Waals surface area contributed by atoms with Crippen LogP contribution in [0.3, 0.4) is 0 Å². The Kier molecular flexibility index (Phi) is 4.75. The summed E-state index contributed by atoms with van der Waals surface area (Å²) in [5.74, 6) is -2.11. The van der Waals surface area contributed by atoms with Crippen molar-refractivity contribution in [2.45, 2.75) is 18.6 Å². The van der Waals surface area contributed by atoms with Crippen LogP contribution in [0.2, 0.25) is 0 Å². The van der Waals surface area contributed by atoms with E-state index in [2.05, 4.69) is 10.3 Å². The van der Waals surface area contributed by atoms with E-state index in [-0.39, 0.29) is 5.56 Å². The zero-order chi connectivity index (χ0) is 18.9. The molecule has 0 saturated carbocycles. The summed E-state index contributed by atoms with van der Waals surface area (Å²) in [6, 6.07) is 6.54. The van der Waals surface area contributed by atoms with Crippen LogP contribution in [-0.2, 0) is 9.47 Å². The fourth-order valence-corrected chi connectivity index (χ4v) is 3.40. The number of carbonyl (C=O) groups is 1. The van der Waals surface area contributed by atoms with Crippen LogP contribution in [-0.4, -0.2) is 43.0 Å². The van der Waals surface area contributed by atoms with E-state index >= 15 is 0 Å². The van der Waals surface area contributed by atoms with Gasteiger partial charge in [0, 0.05) is 37.7 Å². The van der Waals surface area contributed by atoms with Crippen molar-refractivity contribution in [2.24, 2.45) is 0 Å². The molecule has 2 aromatic rings. The van der Waals surface area contributed by atoms with Crippen LogP contribution in [0.1, 0.15) is 23.2 Å². The molecule has 1 aromatic heterocycles. The third-order valence-electron chi connectivity index (χ3n) is 4.87. The molecule has 0 aliphatic carbocycles. The molecule has 27 heavy (non-hydrogen) atoms. The van der Waals surface area contributed by atoms with Crippen molar-refractivity contribution in [3.63, 3.8) is 0 Å². The SMILES string of the molecule is O=C(Nc1c(F)cccc1F)c1ccnc(N2CCC3(CC2)OCCO3)c1. The van der Waals surface area contributed by atoms with Crippen LogP contribution in [0.25, 0.3) is 0 Å².